The minimum atomic E-state index is -3.01. The zero-order valence-electron chi connectivity index (χ0n) is 4.79. The van der Waals surface area contributed by atoms with Crippen molar-refractivity contribution in [2.75, 3.05) is 19.6 Å². The molecule has 0 aliphatic carbocycles. The molecule has 4 nitrogen and oxygen atoms in total. The molecule has 0 bridgehead atoms. The van der Waals surface area contributed by atoms with Crippen molar-refractivity contribution >= 4 is 7.37 Å². The summed E-state index contributed by atoms with van der Waals surface area (Å²) in [6, 6.07) is 0. The molecule has 0 aliphatic heterocycles. The summed E-state index contributed by atoms with van der Waals surface area (Å²) in [5.41, 5.74) is 4.94. The van der Waals surface area contributed by atoms with Crippen molar-refractivity contribution in [1.82, 2.24) is 5.32 Å². The van der Waals surface area contributed by atoms with Gasteiger partial charge in [-0.2, -0.15) is 0 Å². The van der Waals surface area contributed by atoms with Gasteiger partial charge in [0.2, 0.25) is 7.37 Å². The highest BCUT2D eigenvalue weighted by Crippen LogP contribution is 2.35. The van der Waals surface area contributed by atoms with E-state index >= 15 is 0 Å². The Kier molecular flexibility index (Phi) is 3.24. The molecule has 0 amide bonds. The van der Waals surface area contributed by atoms with Gasteiger partial charge in [-0.15, -0.1) is 0 Å². The van der Waals surface area contributed by atoms with Gasteiger partial charge in [-0.1, -0.05) is 0 Å². The van der Waals surface area contributed by atoms with Crippen LogP contribution in [-0.4, -0.2) is 24.5 Å². The van der Waals surface area contributed by atoms with Gasteiger partial charge in [0.1, 0.15) is 0 Å². The van der Waals surface area contributed by atoms with E-state index in [1.807, 2.05) is 0 Å². The number of hydrogen-bond acceptors (Lipinski definition) is 3. The molecule has 0 fully saturated rings. The fraction of sp³-hybridized carbons (Fsp3) is 1.00. The molecular formula is C3H11N2O2P. The quantitative estimate of drug-likeness (QED) is 0.453. The predicted octanol–water partition coefficient (Wildman–Crippen LogP) is -0.650. The molecule has 0 saturated carbocycles. The summed E-state index contributed by atoms with van der Waals surface area (Å²) in [6.45, 7) is 0. The SMILES string of the molecule is CNCP(=O)(O)CN. The van der Waals surface area contributed by atoms with E-state index in [-0.39, 0.29) is 12.6 Å². The lowest BCUT2D eigenvalue weighted by Crippen LogP contribution is -2.13. The Hall–Kier alpha value is 0.110. The van der Waals surface area contributed by atoms with Crippen molar-refractivity contribution < 1.29 is 9.46 Å². The summed E-state index contributed by atoms with van der Waals surface area (Å²) in [5.74, 6) is 0. The lowest BCUT2D eigenvalue weighted by Gasteiger charge is -2.05. The topological polar surface area (TPSA) is 75.3 Å². The molecule has 0 aliphatic rings. The molecule has 1 atom stereocenters. The number of rotatable bonds is 3. The Labute approximate surface area is 48.5 Å². The fourth-order valence-corrected chi connectivity index (χ4v) is 0.935. The Morgan fingerprint density at radius 3 is 2.50 bits per heavy atom. The zero-order chi connectivity index (χ0) is 6.62. The summed E-state index contributed by atoms with van der Waals surface area (Å²) < 4.78 is 10.6. The molecular weight excluding hydrogens is 127 g/mol. The minimum absolute atomic E-state index is 0.101. The molecule has 0 heterocycles. The van der Waals surface area contributed by atoms with E-state index in [4.69, 9.17) is 10.6 Å². The molecule has 5 heteroatoms. The molecule has 0 rings (SSSR count). The molecule has 8 heavy (non-hydrogen) atoms. The third-order valence-corrected chi connectivity index (χ3v) is 2.07. The number of hydrogen-bond donors (Lipinski definition) is 3. The summed E-state index contributed by atoms with van der Waals surface area (Å²) in [6.07, 6.45) is -0.0443. The molecule has 0 radical (unpaired) electrons. The van der Waals surface area contributed by atoms with Crippen molar-refractivity contribution in [3.05, 3.63) is 0 Å². The molecule has 4 N–H and O–H groups in total. The normalized spacial score (nSPS) is 17.9. The van der Waals surface area contributed by atoms with E-state index in [9.17, 15) is 4.57 Å². The van der Waals surface area contributed by atoms with Gasteiger partial charge in [-0.3, -0.25) is 4.57 Å². The summed E-state index contributed by atoms with van der Waals surface area (Å²) in [5, 5.41) is 2.57. The van der Waals surface area contributed by atoms with E-state index in [2.05, 4.69) is 5.32 Å². The van der Waals surface area contributed by atoms with Crippen molar-refractivity contribution in [1.29, 1.82) is 0 Å². The van der Waals surface area contributed by atoms with Crippen molar-refractivity contribution in [3.63, 3.8) is 0 Å². The van der Waals surface area contributed by atoms with E-state index in [0.717, 1.165) is 0 Å². The molecule has 0 aromatic heterocycles. The summed E-state index contributed by atoms with van der Waals surface area (Å²) in [4.78, 5) is 8.69. The average Bonchev–Trinajstić information content (AvgIpc) is 1.67. The van der Waals surface area contributed by atoms with Crippen molar-refractivity contribution in [2.24, 2.45) is 5.73 Å². The second-order valence-electron chi connectivity index (χ2n) is 1.54. The smallest absolute Gasteiger partial charge is 0.227 e. The van der Waals surface area contributed by atoms with Gasteiger partial charge in [-0.25, -0.2) is 0 Å². The van der Waals surface area contributed by atoms with E-state index in [0.29, 0.717) is 0 Å². The maximum Gasteiger partial charge on any atom is 0.227 e. The van der Waals surface area contributed by atoms with Gasteiger partial charge >= 0.3 is 0 Å². The highest BCUT2D eigenvalue weighted by atomic mass is 31.2. The lowest BCUT2D eigenvalue weighted by molar-refractivity contribution is 0.474. The van der Waals surface area contributed by atoms with Crippen LogP contribution in [0.4, 0.5) is 0 Å². The monoisotopic (exact) mass is 138 g/mol. The van der Waals surface area contributed by atoms with Crippen LogP contribution in [0.2, 0.25) is 0 Å². The Morgan fingerprint density at radius 1 is 1.88 bits per heavy atom. The van der Waals surface area contributed by atoms with Crippen LogP contribution in [0, 0.1) is 0 Å². The third-order valence-electron chi connectivity index (χ3n) is 0.690. The van der Waals surface area contributed by atoms with Gasteiger partial charge in [-0.05, 0) is 7.05 Å². The number of nitrogens with two attached hydrogens (primary N) is 1. The zero-order valence-corrected chi connectivity index (χ0v) is 5.69. The van der Waals surface area contributed by atoms with Crippen LogP contribution in [0.15, 0.2) is 0 Å². The average molecular weight is 138 g/mol. The predicted molar refractivity (Wildman–Crippen MR) is 32.8 cm³/mol. The van der Waals surface area contributed by atoms with Crippen LogP contribution in [0.25, 0.3) is 0 Å². The minimum Gasteiger partial charge on any atom is -0.343 e. The molecule has 0 spiro atoms. The molecule has 0 saturated heterocycles. The Morgan fingerprint density at radius 2 is 2.38 bits per heavy atom. The molecule has 0 aromatic carbocycles. The highest BCUT2D eigenvalue weighted by molar-refractivity contribution is 7.57. The first-order valence-electron chi connectivity index (χ1n) is 2.28. The third kappa shape index (κ3) is 3.16. The second-order valence-corrected chi connectivity index (χ2v) is 3.91. The number of nitrogens with one attached hydrogen (secondary N) is 1. The largest absolute Gasteiger partial charge is 0.343 e. The molecule has 1 unspecified atom stereocenters. The van der Waals surface area contributed by atoms with E-state index in [1.54, 1.807) is 7.05 Å². The first-order chi connectivity index (χ1) is 3.62. The van der Waals surface area contributed by atoms with Crippen LogP contribution in [0.1, 0.15) is 0 Å². The Bertz CT molecular complexity index is 105. The maximum atomic E-state index is 10.6. The standard InChI is InChI=1S/C3H11N2O2P/c1-5-3-8(6,7)2-4/h5H,2-4H2,1H3,(H,6,7). The summed E-state index contributed by atoms with van der Waals surface area (Å²) in [7, 11) is -1.40. The Balaban J connectivity index is 3.55. The maximum absolute atomic E-state index is 10.6. The fourth-order valence-electron chi connectivity index (χ4n) is 0.312. The van der Waals surface area contributed by atoms with Crippen molar-refractivity contribution in [2.45, 2.75) is 0 Å². The summed E-state index contributed by atoms with van der Waals surface area (Å²) >= 11 is 0. The molecule has 50 valence electrons. The van der Waals surface area contributed by atoms with Gasteiger partial charge in [0.05, 0.1) is 12.6 Å². The first-order valence-corrected chi connectivity index (χ1v) is 4.31. The van der Waals surface area contributed by atoms with Crippen LogP contribution in [0.5, 0.6) is 0 Å². The molecule has 0 aromatic rings. The van der Waals surface area contributed by atoms with E-state index < -0.39 is 7.37 Å². The van der Waals surface area contributed by atoms with Crippen LogP contribution in [0.3, 0.4) is 0 Å². The van der Waals surface area contributed by atoms with Crippen molar-refractivity contribution in [3.8, 4) is 0 Å². The van der Waals surface area contributed by atoms with Crippen LogP contribution < -0.4 is 11.1 Å². The van der Waals surface area contributed by atoms with Gasteiger partial charge in [0.25, 0.3) is 0 Å². The van der Waals surface area contributed by atoms with Crippen LogP contribution >= 0.6 is 7.37 Å². The van der Waals surface area contributed by atoms with Crippen LogP contribution in [-0.2, 0) is 4.57 Å². The first kappa shape index (κ1) is 8.11. The van der Waals surface area contributed by atoms with Gasteiger partial charge < -0.3 is 15.9 Å². The van der Waals surface area contributed by atoms with E-state index in [1.165, 1.54) is 0 Å². The van der Waals surface area contributed by atoms with Gasteiger partial charge in [0.15, 0.2) is 0 Å². The highest BCUT2D eigenvalue weighted by Gasteiger charge is 2.11. The second kappa shape index (κ2) is 3.20. The van der Waals surface area contributed by atoms with Gasteiger partial charge in [0, 0.05) is 0 Å². The lowest BCUT2D eigenvalue weighted by atomic mass is 11.3.